The molecule has 21 heavy (non-hydrogen) atoms. The first kappa shape index (κ1) is 14.9. The third-order valence-electron chi connectivity index (χ3n) is 2.65. The van der Waals surface area contributed by atoms with E-state index in [9.17, 15) is 18.0 Å². The maximum atomic E-state index is 12.0. The van der Waals surface area contributed by atoms with Crippen molar-refractivity contribution in [2.45, 2.75) is 12.9 Å². The molecule has 1 aromatic heterocycles. The van der Waals surface area contributed by atoms with E-state index in [1.807, 2.05) is 0 Å². The van der Waals surface area contributed by atoms with Crippen LogP contribution in [-0.2, 0) is 6.54 Å². The Morgan fingerprint density at radius 1 is 1.29 bits per heavy atom. The average molecular weight is 299 g/mol. The topological polar surface area (TPSA) is 56.1 Å². The lowest BCUT2D eigenvalue weighted by molar-refractivity contribution is -0.274. The van der Waals surface area contributed by atoms with Crippen LogP contribution in [0.1, 0.15) is 5.56 Å². The van der Waals surface area contributed by atoms with Crippen LogP contribution in [0, 0.1) is 0 Å². The largest absolute Gasteiger partial charge is 0.573 e. The number of hydrogen-bond donors (Lipinski definition) is 1. The van der Waals surface area contributed by atoms with Gasteiger partial charge in [0, 0.05) is 13.1 Å². The van der Waals surface area contributed by atoms with Gasteiger partial charge in [-0.15, -0.1) is 13.2 Å². The third-order valence-corrected chi connectivity index (χ3v) is 2.65. The van der Waals surface area contributed by atoms with Crippen LogP contribution in [0.25, 0.3) is 0 Å². The van der Waals surface area contributed by atoms with E-state index in [4.69, 9.17) is 0 Å². The Morgan fingerprint density at radius 3 is 2.48 bits per heavy atom. The molecular formula is C13H12F3N3O2. The van der Waals surface area contributed by atoms with Crippen LogP contribution in [0.5, 0.6) is 5.75 Å². The van der Waals surface area contributed by atoms with E-state index in [1.165, 1.54) is 41.2 Å². The molecule has 0 saturated heterocycles. The first-order chi connectivity index (χ1) is 9.87. The molecular weight excluding hydrogens is 287 g/mol. The summed E-state index contributed by atoms with van der Waals surface area (Å²) < 4.78 is 41.1. The standard InChI is InChI=1S/C13H12F3N3O2/c1-17-10-6-12(20)19(18-7-10)8-9-2-4-11(5-3-9)21-13(14,15)16/h2-7,17H,8H2,1H3. The van der Waals surface area contributed by atoms with Gasteiger partial charge in [0.1, 0.15) is 5.75 Å². The average Bonchev–Trinajstić information content (AvgIpc) is 2.41. The van der Waals surface area contributed by atoms with E-state index < -0.39 is 6.36 Å². The molecule has 0 spiro atoms. The van der Waals surface area contributed by atoms with E-state index >= 15 is 0 Å². The van der Waals surface area contributed by atoms with Crippen LogP contribution < -0.4 is 15.6 Å². The molecule has 0 aliphatic carbocycles. The molecule has 2 aromatic rings. The summed E-state index contributed by atoms with van der Waals surface area (Å²) in [5, 5.41) is 6.75. The number of anilines is 1. The van der Waals surface area contributed by atoms with Crippen LogP contribution >= 0.6 is 0 Å². The summed E-state index contributed by atoms with van der Waals surface area (Å²) in [7, 11) is 1.67. The fourth-order valence-corrected chi connectivity index (χ4v) is 1.66. The summed E-state index contributed by atoms with van der Waals surface area (Å²) in [6, 6.07) is 6.65. The van der Waals surface area contributed by atoms with Crippen LogP contribution in [-0.4, -0.2) is 23.2 Å². The van der Waals surface area contributed by atoms with Gasteiger partial charge in [-0.25, -0.2) is 4.68 Å². The summed E-state index contributed by atoms with van der Waals surface area (Å²) in [5.41, 5.74) is 0.916. The zero-order valence-corrected chi connectivity index (χ0v) is 11.0. The molecule has 112 valence electrons. The second kappa shape index (κ2) is 5.86. The minimum Gasteiger partial charge on any atom is -0.406 e. The second-order valence-corrected chi connectivity index (χ2v) is 4.18. The molecule has 0 aliphatic heterocycles. The van der Waals surface area contributed by atoms with Gasteiger partial charge in [0.25, 0.3) is 5.56 Å². The third kappa shape index (κ3) is 4.23. The SMILES string of the molecule is CNc1cnn(Cc2ccc(OC(F)(F)F)cc2)c(=O)c1. The normalized spacial score (nSPS) is 11.2. The number of halogens is 3. The first-order valence-corrected chi connectivity index (χ1v) is 5.97. The van der Waals surface area contributed by atoms with Crippen molar-refractivity contribution in [3.05, 3.63) is 52.4 Å². The fraction of sp³-hybridized carbons (Fsp3) is 0.231. The summed E-state index contributed by atoms with van der Waals surface area (Å²) in [6.45, 7) is 0.162. The van der Waals surface area contributed by atoms with Gasteiger partial charge in [-0.05, 0) is 17.7 Å². The lowest BCUT2D eigenvalue weighted by Gasteiger charge is -2.10. The van der Waals surface area contributed by atoms with Crippen LogP contribution in [0.2, 0.25) is 0 Å². The zero-order chi connectivity index (χ0) is 15.5. The van der Waals surface area contributed by atoms with E-state index in [1.54, 1.807) is 7.05 Å². The van der Waals surface area contributed by atoms with Gasteiger partial charge in [-0.3, -0.25) is 4.79 Å². The van der Waals surface area contributed by atoms with E-state index in [0.29, 0.717) is 11.3 Å². The predicted molar refractivity (Wildman–Crippen MR) is 70.3 cm³/mol. The number of aromatic nitrogens is 2. The molecule has 5 nitrogen and oxygen atoms in total. The van der Waals surface area contributed by atoms with Crippen molar-refractivity contribution in [1.29, 1.82) is 0 Å². The molecule has 0 radical (unpaired) electrons. The zero-order valence-electron chi connectivity index (χ0n) is 11.0. The predicted octanol–water partition coefficient (Wildman–Crippen LogP) is 2.23. The Kier molecular flexibility index (Phi) is 4.15. The van der Waals surface area contributed by atoms with Gasteiger partial charge in [0.2, 0.25) is 0 Å². The molecule has 0 bridgehead atoms. The maximum absolute atomic E-state index is 12.0. The van der Waals surface area contributed by atoms with Gasteiger partial charge in [-0.2, -0.15) is 5.10 Å². The van der Waals surface area contributed by atoms with Crippen LogP contribution in [0.15, 0.2) is 41.3 Å². The highest BCUT2D eigenvalue weighted by atomic mass is 19.4. The summed E-state index contributed by atoms with van der Waals surface area (Å²) in [5.74, 6) is -0.308. The second-order valence-electron chi connectivity index (χ2n) is 4.18. The maximum Gasteiger partial charge on any atom is 0.573 e. The Morgan fingerprint density at radius 2 is 1.95 bits per heavy atom. The molecule has 0 atom stereocenters. The van der Waals surface area contributed by atoms with Crippen LogP contribution in [0.4, 0.5) is 18.9 Å². The van der Waals surface area contributed by atoms with Crippen molar-refractivity contribution >= 4 is 5.69 Å². The van der Waals surface area contributed by atoms with Gasteiger partial charge in [-0.1, -0.05) is 12.1 Å². The van der Waals surface area contributed by atoms with Gasteiger partial charge < -0.3 is 10.1 Å². The number of alkyl halides is 3. The van der Waals surface area contributed by atoms with Crippen molar-refractivity contribution in [1.82, 2.24) is 9.78 Å². The molecule has 1 N–H and O–H groups in total. The minimum absolute atomic E-state index is 0.162. The highest BCUT2D eigenvalue weighted by Gasteiger charge is 2.30. The van der Waals surface area contributed by atoms with Gasteiger partial charge in [0.15, 0.2) is 0 Å². The number of ether oxygens (including phenoxy) is 1. The van der Waals surface area contributed by atoms with E-state index in [-0.39, 0.29) is 17.9 Å². The Balaban J connectivity index is 2.12. The molecule has 8 heteroatoms. The minimum atomic E-state index is -4.72. The highest BCUT2D eigenvalue weighted by Crippen LogP contribution is 2.22. The van der Waals surface area contributed by atoms with Gasteiger partial charge >= 0.3 is 6.36 Å². The number of benzene rings is 1. The number of hydrogen-bond acceptors (Lipinski definition) is 4. The number of rotatable bonds is 4. The lowest BCUT2D eigenvalue weighted by Crippen LogP contribution is -2.22. The number of nitrogens with one attached hydrogen (secondary N) is 1. The Labute approximate surface area is 118 Å². The van der Waals surface area contributed by atoms with Crippen LogP contribution in [0.3, 0.4) is 0 Å². The quantitative estimate of drug-likeness (QED) is 0.940. The fourth-order valence-electron chi connectivity index (χ4n) is 1.66. The van der Waals surface area contributed by atoms with Crippen molar-refractivity contribution in [3.63, 3.8) is 0 Å². The van der Waals surface area contributed by atoms with Gasteiger partial charge in [0.05, 0.1) is 18.4 Å². The first-order valence-electron chi connectivity index (χ1n) is 5.97. The smallest absolute Gasteiger partial charge is 0.406 e. The molecule has 2 rings (SSSR count). The van der Waals surface area contributed by atoms with Crippen molar-refractivity contribution in [2.75, 3.05) is 12.4 Å². The Bertz CT molecular complexity index is 666. The number of nitrogens with zero attached hydrogens (tertiary/aromatic N) is 2. The molecule has 1 aromatic carbocycles. The van der Waals surface area contributed by atoms with Crippen molar-refractivity contribution in [2.24, 2.45) is 0 Å². The lowest BCUT2D eigenvalue weighted by atomic mass is 10.2. The Hall–Kier alpha value is -2.51. The molecule has 1 heterocycles. The van der Waals surface area contributed by atoms with E-state index in [2.05, 4.69) is 15.2 Å². The van der Waals surface area contributed by atoms with E-state index in [0.717, 1.165) is 0 Å². The monoisotopic (exact) mass is 299 g/mol. The highest BCUT2D eigenvalue weighted by molar-refractivity contribution is 5.37. The summed E-state index contributed by atoms with van der Waals surface area (Å²) in [6.07, 6.45) is -3.23. The molecule has 0 unspecified atom stereocenters. The molecule has 0 fully saturated rings. The summed E-state index contributed by atoms with van der Waals surface area (Å²) >= 11 is 0. The van der Waals surface area contributed by atoms with Crippen molar-refractivity contribution < 1.29 is 17.9 Å². The van der Waals surface area contributed by atoms with Crippen molar-refractivity contribution in [3.8, 4) is 5.75 Å². The molecule has 0 saturated carbocycles. The molecule has 0 amide bonds. The molecule has 0 aliphatic rings. The summed E-state index contributed by atoms with van der Waals surface area (Å²) in [4.78, 5) is 11.7.